The first kappa shape index (κ1) is 8.43. The van der Waals surface area contributed by atoms with E-state index in [1.165, 1.54) is 19.3 Å². The molecule has 9 heavy (non-hydrogen) atoms. The van der Waals surface area contributed by atoms with Gasteiger partial charge >= 0.3 is 0 Å². The first-order valence-electron chi connectivity index (χ1n) is 2.99. The Bertz CT molecular complexity index is 85.1. The van der Waals surface area contributed by atoms with Crippen molar-refractivity contribution in [1.82, 2.24) is 0 Å². The molecule has 0 aromatic heterocycles. The first-order chi connectivity index (χ1) is 4.12. The van der Waals surface area contributed by atoms with Crippen LogP contribution in [0.5, 0.6) is 0 Å². The first-order valence-corrected chi connectivity index (χ1v) is 2.99. The second-order valence-corrected chi connectivity index (χ2v) is 2.61. The maximum atomic E-state index is 8.36. The third-order valence-electron chi connectivity index (χ3n) is 1.50. The number of nitrogens with two attached hydrogens (primary N) is 1. The van der Waals surface area contributed by atoms with Crippen LogP contribution in [0.25, 0.3) is 0 Å². The van der Waals surface area contributed by atoms with E-state index in [9.17, 15) is 0 Å². The van der Waals surface area contributed by atoms with Gasteiger partial charge in [-0.1, -0.05) is 0 Å². The van der Waals surface area contributed by atoms with Gasteiger partial charge in [-0.05, 0) is 26.2 Å². The van der Waals surface area contributed by atoms with Gasteiger partial charge in [0.2, 0.25) is 0 Å². The molecule has 3 nitrogen and oxygen atoms in total. The highest BCUT2D eigenvalue weighted by Crippen LogP contribution is 2.27. The summed E-state index contributed by atoms with van der Waals surface area (Å²) in [6.45, 7) is 1.86. The second-order valence-electron chi connectivity index (χ2n) is 2.61. The van der Waals surface area contributed by atoms with Gasteiger partial charge in [0, 0.05) is 5.54 Å². The van der Waals surface area contributed by atoms with Crippen LogP contribution < -0.4 is 5.73 Å². The Balaban J connectivity index is 0.000000187. The van der Waals surface area contributed by atoms with Gasteiger partial charge in [-0.15, -0.1) is 0 Å². The molecule has 0 heterocycles. The molecule has 0 aromatic rings. The molecule has 1 saturated carbocycles. The minimum atomic E-state index is -0.250. The van der Waals surface area contributed by atoms with Crippen LogP contribution in [-0.4, -0.2) is 17.1 Å². The zero-order valence-electron chi connectivity index (χ0n) is 5.63. The minimum absolute atomic E-state index is 0.222. The van der Waals surface area contributed by atoms with Gasteiger partial charge < -0.3 is 10.8 Å². The van der Waals surface area contributed by atoms with Crippen molar-refractivity contribution in [2.75, 3.05) is 0 Å². The molecule has 54 valence electrons. The van der Waals surface area contributed by atoms with Gasteiger partial charge in [0.05, 0.1) is 0 Å². The van der Waals surface area contributed by atoms with Crippen LogP contribution in [0.1, 0.15) is 26.2 Å². The molecule has 0 aromatic carbocycles. The summed E-state index contributed by atoms with van der Waals surface area (Å²) in [5.74, 6) is 0. The van der Waals surface area contributed by atoms with E-state index in [2.05, 4.69) is 6.92 Å². The second kappa shape index (κ2) is 3.45. The molecule has 0 atom stereocenters. The van der Waals surface area contributed by atoms with Crippen LogP contribution in [0, 0.1) is 0 Å². The maximum absolute atomic E-state index is 8.36. The van der Waals surface area contributed by atoms with Gasteiger partial charge in [-0.2, -0.15) is 0 Å². The molecular formula is C6H13NO2. The van der Waals surface area contributed by atoms with Crippen molar-refractivity contribution in [3.63, 3.8) is 0 Å². The monoisotopic (exact) mass is 131 g/mol. The Morgan fingerprint density at radius 2 is 1.89 bits per heavy atom. The minimum Gasteiger partial charge on any atom is -0.483 e. The van der Waals surface area contributed by atoms with E-state index in [1.807, 2.05) is 0 Å². The van der Waals surface area contributed by atoms with E-state index >= 15 is 0 Å². The molecule has 0 amide bonds. The van der Waals surface area contributed by atoms with Crippen LogP contribution in [0.2, 0.25) is 0 Å². The summed E-state index contributed by atoms with van der Waals surface area (Å²) in [6, 6.07) is 0. The predicted octanol–water partition coefficient (Wildman–Crippen LogP) is 0.589. The molecule has 0 saturated heterocycles. The third-order valence-corrected chi connectivity index (χ3v) is 1.50. The Morgan fingerprint density at radius 3 is 1.89 bits per heavy atom. The van der Waals surface area contributed by atoms with E-state index in [-0.39, 0.29) is 12.0 Å². The maximum Gasteiger partial charge on any atom is 0.290 e. The average Bonchev–Trinajstić information content (AvgIpc) is 1.65. The summed E-state index contributed by atoms with van der Waals surface area (Å²) >= 11 is 0. The zero-order chi connectivity index (χ0) is 7.33. The van der Waals surface area contributed by atoms with Crippen molar-refractivity contribution in [3.8, 4) is 0 Å². The summed E-state index contributed by atoms with van der Waals surface area (Å²) in [5.41, 5.74) is 5.84. The van der Waals surface area contributed by atoms with Crippen LogP contribution in [-0.2, 0) is 4.79 Å². The molecule has 1 rings (SSSR count). The number of carbonyl (C=O) groups is 1. The topological polar surface area (TPSA) is 63.3 Å². The normalized spacial score (nSPS) is 20.7. The summed E-state index contributed by atoms with van der Waals surface area (Å²) < 4.78 is 0. The zero-order valence-corrected chi connectivity index (χ0v) is 5.63. The van der Waals surface area contributed by atoms with E-state index in [4.69, 9.17) is 15.6 Å². The quantitative estimate of drug-likeness (QED) is 0.473. The van der Waals surface area contributed by atoms with E-state index in [0.717, 1.165) is 0 Å². The molecule has 0 radical (unpaired) electrons. The Morgan fingerprint density at radius 1 is 1.67 bits per heavy atom. The number of hydrogen-bond acceptors (Lipinski definition) is 2. The molecule has 1 aliphatic carbocycles. The standard InChI is InChI=1S/C5H11N.CH2O2/c1-5(6)3-2-4-5;2-1-3/h2-4,6H2,1H3;1H,(H,2,3). The lowest BCUT2D eigenvalue weighted by molar-refractivity contribution is -0.122. The molecule has 3 heteroatoms. The highest BCUT2D eigenvalue weighted by molar-refractivity contribution is 5.32. The molecule has 3 N–H and O–H groups in total. The molecule has 1 fully saturated rings. The van der Waals surface area contributed by atoms with Crippen molar-refractivity contribution in [2.24, 2.45) is 5.73 Å². The van der Waals surface area contributed by atoms with E-state index < -0.39 is 0 Å². The van der Waals surface area contributed by atoms with E-state index in [1.54, 1.807) is 0 Å². The van der Waals surface area contributed by atoms with Crippen LogP contribution in [0.3, 0.4) is 0 Å². The van der Waals surface area contributed by atoms with Gasteiger partial charge in [0.25, 0.3) is 6.47 Å². The van der Waals surface area contributed by atoms with Crippen molar-refractivity contribution in [2.45, 2.75) is 31.7 Å². The lowest BCUT2D eigenvalue weighted by Crippen LogP contribution is -2.42. The number of carboxylic acid groups (broad SMARTS) is 1. The molecule has 0 bridgehead atoms. The average molecular weight is 131 g/mol. The third kappa shape index (κ3) is 3.97. The summed E-state index contributed by atoms with van der Waals surface area (Å²) in [6.07, 6.45) is 3.80. The van der Waals surface area contributed by atoms with Crippen LogP contribution >= 0.6 is 0 Å². The lowest BCUT2D eigenvalue weighted by atomic mass is 9.80. The van der Waals surface area contributed by atoms with Gasteiger partial charge in [0.1, 0.15) is 0 Å². The highest BCUT2D eigenvalue weighted by Gasteiger charge is 2.25. The Labute approximate surface area is 54.9 Å². The largest absolute Gasteiger partial charge is 0.483 e. The van der Waals surface area contributed by atoms with Gasteiger partial charge in [-0.3, -0.25) is 4.79 Å². The molecule has 0 aliphatic heterocycles. The van der Waals surface area contributed by atoms with Crippen molar-refractivity contribution >= 4 is 6.47 Å². The van der Waals surface area contributed by atoms with Crippen molar-refractivity contribution < 1.29 is 9.90 Å². The summed E-state index contributed by atoms with van der Waals surface area (Å²) in [7, 11) is 0. The molecule has 0 unspecified atom stereocenters. The van der Waals surface area contributed by atoms with Gasteiger partial charge in [-0.25, -0.2) is 0 Å². The molecule has 1 aliphatic rings. The molecular weight excluding hydrogens is 118 g/mol. The fourth-order valence-corrected chi connectivity index (χ4v) is 0.734. The fraction of sp³-hybridized carbons (Fsp3) is 0.833. The van der Waals surface area contributed by atoms with Crippen molar-refractivity contribution in [3.05, 3.63) is 0 Å². The molecule has 0 spiro atoms. The predicted molar refractivity (Wildman–Crippen MR) is 35.1 cm³/mol. The van der Waals surface area contributed by atoms with Gasteiger partial charge in [0.15, 0.2) is 0 Å². The fourth-order valence-electron chi connectivity index (χ4n) is 0.734. The van der Waals surface area contributed by atoms with Crippen LogP contribution in [0.4, 0.5) is 0 Å². The number of hydrogen-bond donors (Lipinski definition) is 2. The Hall–Kier alpha value is -0.570. The summed E-state index contributed by atoms with van der Waals surface area (Å²) in [4.78, 5) is 8.36. The van der Waals surface area contributed by atoms with Crippen molar-refractivity contribution in [1.29, 1.82) is 0 Å². The lowest BCUT2D eigenvalue weighted by Gasteiger charge is -2.33. The number of rotatable bonds is 0. The highest BCUT2D eigenvalue weighted by atomic mass is 16.3. The smallest absolute Gasteiger partial charge is 0.290 e. The SMILES string of the molecule is CC1(N)CCC1.O=CO. The van der Waals surface area contributed by atoms with E-state index in [0.29, 0.717) is 0 Å². The Kier molecular flexibility index (Phi) is 3.24. The van der Waals surface area contributed by atoms with Crippen LogP contribution in [0.15, 0.2) is 0 Å². The summed E-state index contributed by atoms with van der Waals surface area (Å²) in [5, 5.41) is 6.89.